The van der Waals surface area contributed by atoms with Crippen molar-refractivity contribution in [3.05, 3.63) is 131 Å². The van der Waals surface area contributed by atoms with Gasteiger partial charge >= 0.3 is 0 Å². The van der Waals surface area contributed by atoms with Gasteiger partial charge in [-0.25, -0.2) is 0 Å². The molecule has 5 aromatic carbocycles. The molecule has 0 aromatic heterocycles. The van der Waals surface area contributed by atoms with E-state index in [0.29, 0.717) is 0 Å². The van der Waals surface area contributed by atoms with E-state index in [1.165, 1.54) is 76.6 Å². The quantitative estimate of drug-likeness (QED) is 0.226. The Morgan fingerprint density at radius 1 is 0.500 bits per heavy atom. The summed E-state index contributed by atoms with van der Waals surface area (Å²) in [7, 11) is 0. The first-order valence-electron chi connectivity index (χ1n) is 14.8. The fourth-order valence-corrected chi connectivity index (χ4v) is 7.90. The summed E-state index contributed by atoms with van der Waals surface area (Å²) in [4.78, 5) is 0. The fraction of sp³-hybridized carbons (Fsp3) is 0.231. The molecule has 40 heavy (non-hydrogen) atoms. The Balaban J connectivity index is 1.19. The highest BCUT2D eigenvalue weighted by Gasteiger charge is 2.44. The first-order valence-corrected chi connectivity index (χ1v) is 14.8. The molecule has 2 aliphatic carbocycles. The summed E-state index contributed by atoms with van der Waals surface area (Å²) in [6, 6.07) is 40.5. The number of fused-ring (bicyclic) bond motifs is 7. The second kappa shape index (κ2) is 8.70. The van der Waals surface area contributed by atoms with Gasteiger partial charge in [0.1, 0.15) is 11.5 Å². The van der Waals surface area contributed by atoms with Crippen molar-refractivity contribution in [2.45, 2.75) is 56.8 Å². The topological polar surface area (TPSA) is 9.23 Å². The van der Waals surface area contributed by atoms with Gasteiger partial charge in [-0.3, -0.25) is 0 Å². The lowest BCUT2D eigenvalue weighted by Crippen LogP contribution is -2.27. The van der Waals surface area contributed by atoms with E-state index in [1.54, 1.807) is 11.1 Å². The van der Waals surface area contributed by atoms with Gasteiger partial charge in [-0.15, -0.1) is 0 Å². The lowest BCUT2D eigenvalue weighted by Gasteiger charge is -2.36. The van der Waals surface area contributed by atoms with Gasteiger partial charge in [0.2, 0.25) is 0 Å². The summed E-state index contributed by atoms with van der Waals surface area (Å²) in [5.74, 6) is 1.92. The molecule has 1 heteroatoms. The zero-order chi connectivity index (χ0) is 26.9. The van der Waals surface area contributed by atoms with Crippen LogP contribution in [0, 0.1) is 0 Å². The molecular formula is C39H34O. The molecule has 1 heterocycles. The molecule has 0 radical (unpaired) electrons. The number of hydrogen-bond acceptors (Lipinski definition) is 1. The number of hydrogen-bond donors (Lipinski definition) is 0. The molecule has 0 bridgehead atoms. The maximum Gasteiger partial charge on any atom is 0.131 e. The summed E-state index contributed by atoms with van der Waals surface area (Å²) in [5.41, 5.74) is 13.7. The summed E-state index contributed by atoms with van der Waals surface area (Å²) < 4.78 is 6.30. The predicted molar refractivity (Wildman–Crippen MR) is 165 cm³/mol. The summed E-state index contributed by atoms with van der Waals surface area (Å²) in [5, 5.41) is 0. The number of rotatable bonds is 2. The van der Waals surface area contributed by atoms with Crippen molar-refractivity contribution in [3.63, 3.8) is 0 Å². The van der Waals surface area contributed by atoms with Crippen LogP contribution >= 0.6 is 0 Å². The highest BCUT2D eigenvalue weighted by molar-refractivity contribution is 5.93. The number of para-hydroxylation sites is 1. The molecule has 1 spiro atoms. The lowest BCUT2D eigenvalue weighted by molar-refractivity contribution is 0.353. The molecule has 0 atom stereocenters. The van der Waals surface area contributed by atoms with Gasteiger partial charge in [0, 0.05) is 22.0 Å². The first-order chi connectivity index (χ1) is 19.6. The van der Waals surface area contributed by atoms with Crippen molar-refractivity contribution in [1.82, 2.24) is 0 Å². The summed E-state index contributed by atoms with van der Waals surface area (Å²) >= 11 is 0. The molecule has 5 aromatic rings. The molecule has 0 N–H and O–H groups in total. The Labute approximate surface area is 237 Å². The van der Waals surface area contributed by atoms with Crippen LogP contribution in [0.15, 0.2) is 109 Å². The van der Waals surface area contributed by atoms with Crippen LogP contribution in [0.5, 0.6) is 11.5 Å². The molecule has 0 saturated heterocycles. The van der Waals surface area contributed by atoms with Crippen LogP contribution in [0.4, 0.5) is 0 Å². The van der Waals surface area contributed by atoms with Gasteiger partial charge in [-0.1, -0.05) is 124 Å². The SMILES string of the molecule is CC1(C)c2ccccc2Oc2ccc(-c3ccc(-c4cccc5c4-c4ccccc4C54CCCCC4)cc3)cc21. The average molecular weight is 519 g/mol. The van der Waals surface area contributed by atoms with Crippen molar-refractivity contribution < 1.29 is 4.74 Å². The number of ether oxygens (including phenoxy) is 1. The van der Waals surface area contributed by atoms with E-state index in [-0.39, 0.29) is 10.8 Å². The third kappa shape index (κ3) is 3.33. The normalized spacial score (nSPS) is 17.4. The van der Waals surface area contributed by atoms with E-state index in [2.05, 4.69) is 117 Å². The minimum absolute atomic E-state index is 0.118. The molecule has 1 fully saturated rings. The van der Waals surface area contributed by atoms with Crippen molar-refractivity contribution in [1.29, 1.82) is 0 Å². The van der Waals surface area contributed by atoms with Crippen LogP contribution in [0.2, 0.25) is 0 Å². The van der Waals surface area contributed by atoms with Crippen LogP contribution in [0.1, 0.15) is 68.2 Å². The Morgan fingerprint density at radius 3 is 1.95 bits per heavy atom. The monoisotopic (exact) mass is 518 g/mol. The molecule has 0 unspecified atom stereocenters. The lowest BCUT2D eigenvalue weighted by atomic mass is 9.68. The van der Waals surface area contributed by atoms with E-state index in [0.717, 1.165) is 11.5 Å². The molecule has 1 nitrogen and oxygen atoms in total. The van der Waals surface area contributed by atoms with Gasteiger partial charge in [-0.05, 0) is 75.5 Å². The van der Waals surface area contributed by atoms with Crippen molar-refractivity contribution in [2.24, 2.45) is 0 Å². The Morgan fingerprint density at radius 2 is 1.12 bits per heavy atom. The van der Waals surface area contributed by atoms with E-state index in [9.17, 15) is 0 Å². The smallest absolute Gasteiger partial charge is 0.131 e. The van der Waals surface area contributed by atoms with Crippen LogP contribution < -0.4 is 4.74 Å². The second-order valence-electron chi connectivity index (χ2n) is 12.4. The Kier molecular flexibility index (Phi) is 5.17. The highest BCUT2D eigenvalue weighted by atomic mass is 16.5. The minimum atomic E-state index is -0.118. The largest absolute Gasteiger partial charge is 0.457 e. The van der Waals surface area contributed by atoms with Gasteiger partial charge in [0.05, 0.1) is 0 Å². The third-order valence-electron chi connectivity index (χ3n) is 9.96. The van der Waals surface area contributed by atoms with Crippen molar-refractivity contribution in [2.75, 3.05) is 0 Å². The second-order valence-corrected chi connectivity index (χ2v) is 12.4. The molecule has 1 aliphatic heterocycles. The van der Waals surface area contributed by atoms with Gasteiger partial charge < -0.3 is 4.74 Å². The molecule has 1 saturated carbocycles. The van der Waals surface area contributed by atoms with Crippen molar-refractivity contribution in [3.8, 4) is 44.9 Å². The van der Waals surface area contributed by atoms with Gasteiger partial charge in [-0.2, -0.15) is 0 Å². The Bertz CT molecular complexity index is 1770. The Hall–Kier alpha value is -4.10. The van der Waals surface area contributed by atoms with E-state index in [1.807, 2.05) is 6.07 Å². The maximum absolute atomic E-state index is 6.30. The highest BCUT2D eigenvalue weighted by Crippen LogP contribution is 2.58. The minimum Gasteiger partial charge on any atom is -0.457 e. The molecule has 3 aliphatic rings. The van der Waals surface area contributed by atoms with Crippen LogP contribution in [0.3, 0.4) is 0 Å². The molecular weight excluding hydrogens is 484 g/mol. The van der Waals surface area contributed by atoms with Crippen LogP contribution in [0.25, 0.3) is 33.4 Å². The van der Waals surface area contributed by atoms with E-state index in [4.69, 9.17) is 4.74 Å². The molecule has 196 valence electrons. The van der Waals surface area contributed by atoms with Gasteiger partial charge in [0.25, 0.3) is 0 Å². The standard InChI is InChI=1S/C39H34O/c1-38(2)32-14-6-7-16-35(32)40-36-22-21-28(25-34(36)38)26-17-19-27(20-18-26)29-12-10-15-33-37(29)30-11-4-5-13-31(30)39(33)23-8-3-9-24-39/h4-7,10-22,25H,3,8-9,23-24H2,1-2H3. The first kappa shape index (κ1) is 23.8. The zero-order valence-electron chi connectivity index (χ0n) is 23.3. The maximum atomic E-state index is 6.30. The summed E-state index contributed by atoms with van der Waals surface area (Å²) in [6.45, 7) is 4.60. The zero-order valence-corrected chi connectivity index (χ0v) is 23.3. The van der Waals surface area contributed by atoms with E-state index < -0.39 is 0 Å². The average Bonchev–Trinajstić information content (AvgIpc) is 3.27. The third-order valence-corrected chi connectivity index (χ3v) is 9.96. The van der Waals surface area contributed by atoms with E-state index >= 15 is 0 Å². The fourth-order valence-electron chi connectivity index (χ4n) is 7.90. The molecule has 0 amide bonds. The van der Waals surface area contributed by atoms with Gasteiger partial charge in [0.15, 0.2) is 0 Å². The number of benzene rings is 5. The van der Waals surface area contributed by atoms with Crippen molar-refractivity contribution >= 4 is 0 Å². The predicted octanol–water partition coefficient (Wildman–Crippen LogP) is 10.7. The van der Waals surface area contributed by atoms with Crippen LogP contribution in [-0.2, 0) is 10.8 Å². The summed E-state index contributed by atoms with van der Waals surface area (Å²) in [6.07, 6.45) is 6.53. The van der Waals surface area contributed by atoms with Crippen LogP contribution in [-0.4, -0.2) is 0 Å². The molecule has 8 rings (SSSR count).